The Balaban J connectivity index is 2.04. The number of nitro groups is 1. The topological polar surface area (TPSA) is 64.4 Å². The number of methoxy groups -OCH3 is 1. The van der Waals surface area contributed by atoms with Crippen LogP contribution in [0.4, 0.5) is 11.4 Å². The molecule has 0 heterocycles. The first-order chi connectivity index (χ1) is 9.20. The molecule has 1 fully saturated rings. The predicted octanol–water partition coefficient (Wildman–Crippen LogP) is 3.60. The summed E-state index contributed by atoms with van der Waals surface area (Å²) in [5.74, 6) is 1.32. The van der Waals surface area contributed by atoms with Crippen LogP contribution in [0.1, 0.15) is 32.1 Å². The molecule has 0 atom stereocenters. The minimum absolute atomic E-state index is 0.0898. The molecule has 0 unspecified atom stereocenters. The number of ether oxygens (including phenoxy) is 1. The largest absolute Gasteiger partial charge is 0.495 e. The Morgan fingerprint density at radius 1 is 1.37 bits per heavy atom. The van der Waals surface area contributed by atoms with Gasteiger partial charge in [-0.2, -0.15) is 0 Å². The number of rotatable bonds is 5. The molecule has 1 aliphatic rings. The van der Waals surface area contributed by atoms with Crippen LogP contribution in [-0.4, -0.2) is 18.6 Å². The second-order valence-electron chi connectivity index (χ2n) is 5.03. The van der Waals surface area contributed by atoms with Crippen molar-refractivity contribution in [1.29, 1.82) is 0 Å². The summed E-state index contributed by atoms with van der Waals surface area (Å²) in [5.41, 5.74) is 0.800. The van der Waals surface area contributed by atoms with Gasteiger partial charge in [0.2, 0.25) is 0 Å². The van der Waals surface area contributed by atoms with Gasteiger partial charge in [-0.3, -0.25) is 10.1 Å². The first kappa shape index (κ1) is 13.6. The van der Waals surface area contributed by atoms with Gasteiger partial charge in [-0.05, 0) is 24.8 Å². The summed E-state index contributed by atoms with van der Waals surface area (Å²) < 4.78 is 5.23. The molecule has 1 aliphatic carbocycles. The van der Waals surface area contributed by atoms with E-state index in [0.717, 1.165) is 6.54 Å². The molecule has 1 aromatic rings. The van der Waals surface area contributed by atoms with E-state index in [0.29, 0.717) is 17.4 Å². The lowest BCUT2D eigenvalue weighted by Gasteiger charge is -2.22. The highest BCUT2D eigenvalue weighted by atomic mass is 16.6. The first-order valence-electron chi connectivity index (χ1n) is 6.77. The molecule has 1 N–H and O–H groups in total. The molecule has 0 aromatic heterocycles. The fourth-order valence-corrected chi connectivity index (χ4v) is 2.59. The maximum absolute atomic E-state index is 10.8. The number of hydrogen-bond acceptors (Lipinski definition) is 4. The summed E-state index contributed by atoms with van der Waals surface area (Å²) in [5, 5.41) is 14.1. The molecule has 0 aliphatic heterocycles. The monoisotopic (exact) mass is 264 g/mol. The molecule has 5 nitrogen and oxygen atoms in total. The number of non-ortho nitro benzene ring substituents is 1. The van der Waals surface area contributed by atoms with Crippen molar-refractivity contribution in [2.75, 3.05) is 19.0 Å². The van der Waals surface area contributed by atoms with Gasteiger partial charge in [0.1, 0.15) is 5.75 Å². The van der Waals surface area contributed by atoms with Gasteiger partial charge in [-0.25, -0.2) is 0 Å². The predicted molar refractivity (Wildman–Crippen MR) is 74.7 cm³/mol. The highest BCUT2D eigenvalue weighted by Gasteiger charge is 2.15. The Kier molecular flexibility index (Phi) is 4.60. The molecule has 19 heavy (non-hydrogen) atoms. The molecule has 1 saturated carbocycles. The van der Waals surface area contributed by atoms with E-state index >= 15 is 0 Å². The lowest BCUT2D eigenvalue weighted by Crippen LogP contribution is -2.17. The smallest absolute Gasteiger partial charge is 0.271 e. The summed E-state index contributed by atoms with van der Waals surface area (Å²) in [6.07, 6.45) is 6.39. The normalized spacial score (nSPS) is 16.1. The zero-order valence-electron chi connectivity index (χ0n) is 11.2. The molecular weight excluding hydrogens is 244 g/mol. The van der Waals surface area contributed by atoms with Crippen LogP contribution in [0.3, 0.4) is 0 Å². The van der Waals surface area contributed by atoms with Gasteiger partial charge in [0, 0.05) is 18.7 Å². The quantitative estimate of drug-likeness (QED) is 0.652. The molecule has 1 aromatic carbocycles. The minimum Gasteiger partial charge on any atom is -0.495 e. The Hall–Kier alpha value is -1.78. The second kappa shape index (κ2) is 6.41. The average Bonchev–Trinajstić information content (AvgIpc) is 2.45. The van der Waals surface area contributed by atoms with Crippen molar-refractivity contribution in [3.05, 3.63) is 28.3 Å². The van der Waals surface area contributed by atoms with E-state index in [1.807, 2.05) is 0 Å². The molecule has 104 valence electrons. The Labute approximate surface area is 113 Å². The number of hydrogen-bond donors (Lipinski definition) is 1. The Bertz CT molecular complexity index is 442. The molecule has 0 saturated heterocycles. The number of nitrogens with zero attached hydrogens (tertiary/aromatic N) is 1. The number of benzene rings is 1. The van der Waals surface area contributed by atoms with Crippen LogP contribution >= 0.6 is 0 Å². The zero-order valence-corrected chi connectivity index (χ0v) is 11.2. The molecular formula is C14H20N2O3. The van der Waals surface area contributed by atoms with E-state index in [2.05, 4.69) is 5.32 Å². The van der Waals surface area contributed by atoms with E-state index < -0.39 is 0 Å². The third-order valence-corrected chi connectivity index (χ3v) is 3.70. The van der Waals surface area contributed by atoms with E-state index in [9.17, 15) is 10.1 Å². The fourth-order valence-electron chi connectivity index (χ4n) is 2.59. The van der Waals surface area contributed by atoms with Crippen LogP contribution in [0, 0.1) is 16.0 Å². The van der Waals surface area contributed by atoms with Gasteiger partial charge < -0.3 is 10.1 Å². The molecule has 0 amide bonds. The third kappa shape index (κ3) is 3.59. The van der Waals surface area contributed by atoms with Gasteiger partial charge >= 0.3 is 0 Å². The number of nitrogens with one attached hydrogen (secondary N) is 1. The van der Waals surface area contributed by atoms with Crippen LogP contribution in [-0.2, 0) is 0 Å². The van der Waals surface area contributed by atoms with Crippen molar-refractivity contribution in [2.24, 2.45) is 5.92 Å². The van der Waals surface area contributed by atoms with Gasteiger partial charge in [0.05, 0.1) is 17.7 Å². The van der Waals surface area contributed by atoms with Crippen molar-refractivity contribution in [1.82, 2.24) is 0 Å². The average molecular weight is 264 g/mol. The molecule has 0 spiro atoms. The highest BCUT2D eigenvalue weighted by Crippen LogP contribution is 2.30. The summed E-state index contributed by atoms with van der Waals surface area (Å²) in [7, 11) is 1.58. The third-order valence-electron chi connectivity index (χ3n) is 3.70. The van der Waals surface area contributed by atoms with Crippen molar-refractivity contribution >= 4 is 11.4 Å². The SMILES string of the molecule is COc1ccc([N+](=O)[O-])cc1NCC1CCCCC1. The Morgan fingerprint density at radius 3 is 2.74 bits per heavy atom. The minimum atomic E-state index is -0.384. The Morgan fingerprint density at radius 2 is 2.11 bits per heavy atom. The maximum Gasteiger partial charge on any atom is 0.271 e. The van der Waals surface area contributed by atoms with Gasteiger partial charge in [0.25, 0.3) is 5.69 Å². The zero-order chi connectivity index (χ0) is 13.7. The standard InChI is InChI=1S/C14H20N2O3/c1-19-14-8-7-12(16(17)18)9-13(14)15-10-11-5-3-2-4-6-11/h7-9,11,15H,2-6,10H2,1H3. The van der Waals surface area contributed by atoms with Crippen molar-refractivity contribution in [3.63, 3.8) is 0 Å². The number of anilines is 1. The van der Waals surface area contributed by atoms with Gasteiger partial charge in [0.15, 0.2) is 0 Å². The van der Waals surface area contributed by atoms with Crippen LogP contribution in [0.15, 0.2) is 18.2 Å². The summed E-state index contributed by atoms with van der Waals surface area (Å²) >= 11 is 0. The lowest BCUT2D eigenvalue weighted by atomic mass is 9.89. The number of nitro benzene ring substituents is 1. The van der Waals surface area contributed by atoms with E-state index in [-0.39, 0.29) is 10.6 Å². The summed E-state index contributed by atoms with van der Waals surface area (Å²) in [6.45, 7) is 0.859. The molecule has 0 radical (unpaired) electrons. The van der Waals surface area contributed by atoms with Crippen LogP contribution < -0.4 is 10.1 Å². The van der Waals surface area contributed by atoms with Crippen LogP contribution in [0.5, 0.6) is 5.75 Å². The maximum atomic E-state index is 10.8. The summed E-state index contributed by atoms with van der Waals surface area (Å²) in [4.78, 5) is 10.4. The molecule has 2 rings (SSSR count). The molecule has 5 heteroatoms. The lowest BCUT2D eigenvalue weighted by molar-refractivity contribution is -0.384. The van der Waals surface area contributed by atoms with Crippen molar-refractivity contribution in [3.8, 4) is 5.75 Å². The van der Waals surface area contributed by atoms with Crippen LogP contribution in [0.25, 0.3) is 0 Å². The first-order valence-corrected chi connectivity index (χ1v) is 6.77. The fraction of sp³-hybridized carbons (Fsp3) is 0.571. The summed E-state index contributed by atoms with van der Waals surface area (Å²) in [6, 6.07) is 4.65. The van der Waals surface area contributed by atoms with E-state index in [1.54, 1.807) is 19.2 Å². The molecule has 0 bridgehead atoms. The second-order valence-corrected chi connectivity index (χ2v) is 5.03. The van der Waals surface area contributed by atoms with E-state index in [1.165, 1.54) is 38.2 Å². The van der Waals surface area contributed by atoms with Crippen molar-refractivity contribution < 1.29 is 9.66 Å². The van der Waals surface area contributed by atoms with Gasteiger partial charge in [-0.15, -0.1) is 0 Å². The van der Waals surface area contributed by atoms with Crippen molar-refractivity contribution in [2.45, 2.75) is 32.1 Å². The van der Waals surface area contributed by atoms with E-state index in [4.69, 9.17) is 4.74 Å². The van der Waals surface area contributed by atoms with Gasteiger partial charge in [-0.1, -0.05) is 19.3 Å². The highest BCUT2D eigenvalue weighted by molar-refractivity contribution is 5.61. The van der Waals surface area contributed by atoms with Crippen LogP contribution in [0.2, 0.25) is 0 Å².